The van der Waals surface area contributed by atoms with Crippen LogP contribution in [0.1, 0.15) is 18.3 Å². The van der Waals surface area contributed by atoms with Gasteiger partial charge in [-0.1, -0.05) is 0 Å². The number of methoxy groups -OCH3 is 1. The zero-order valence-corrected chi connectivity index (χ0v) is 12.6. The zero-order chi connectivity index (χ0) is 16.2. The van der Waals surface area contributed by atoms with E-state index in [-0.39, 0.29) is 23.6 Å². The summed E-state index contributed by atoms with van der Waals surface area (Å²) in [6.07, 6.45) is 0.638. The van der Waals surface area contributed by atoms with Crippen LogP contribution in [0.25, 0.3) is 0 Å². The molecule has 22 heavy (non-hydrogen) atoms. The van der Waals surface area contributed by atoms with Crippen molar-refractivity contribution >= 4 is 10.0 Å². The second-order valence-electron chi connectivity index (χ2n) is 4.51. The van der Waals surface area contributed by atoms with E-state index in [2.05, 4.69) is 4.72 Å². The summed E-state index contributed by atoms with van der Waals surface area (Å²) in [6, 6.07) is 6.58. The lowest BCUT2D eigenvalue weighted by molar-refractivity contribution is 0.142. The number of benzene rings is 1. The van der Waals surface area contributed by atoms with Gasteiger partial charge in [0.1, 0.15) is 11.9 Å². The van der Waals surface area contributed by atoms with Gasteiger partial charge in [-0.2, -0.15) is 0 Å². The number of halogens is 1. The minimum Gasteiger partial charge on any atom is -0.494 e. The van der Waals surface area contributed by atoms with Gasteiger partial charge in [0, 0.05) is 6.54 Å². The fourth-order valence-corrected chi connectivity index (χ4v) is 2.91. The van der Waals surface area contributed by atoms with Crippen LogP contribution in [0.2, 0.25) is 0 Å². The maximum Gasteiger partial charge on any atom is 0.240 e. The van der Waals surface area contributed by atoms with E-state index in [1.54, 1.807) is 12.1 Å². The minimum atomic E-state index is -3.86. The quantitative estimate of drug-likeness (QED) is 0.809. The number of rotatable bonds is 7. The van der Waals surface area contributed by atoms with Crippen LogP contribution < -0.4 is 9.46 Å². The molecule has 6 nitrogen and oxygen atoms in total. The molecule has 0 fully saturated rings. The number of nitrogens with one attached hydrogen (secondary N) is 1. The second-order valence-corrected chi connectivity index (χ2v) is 6.28. The molecule has 0 aliphatic rings. The summed E-state index contributed by atoms with van der Waals surface area (Å²) < 4.78 is 49.6. The average molecular weight is 329 g/mol. The molecule has 0 radical (unpaired) electrons. The van der Waals surface area contributed by atoms with Crippen LogP contribution in [0.4, 0.5) is 4.39 Å². The molecule has 0 saturated heterocycles. The Labute approximate surface area is 127 Å². The van der Waals surface area contributed by atoms with E-state index in [0.717, 1.165) is 6.07 Å². The molecule has 1 atom stereocenters. The van der Waals surface area contributed by atoms with Crippen molar-refractivity contribution in [2.75, 3.05) is 13.7 Å². The molecular formula is C14H16FNO5S. The first kappa shape index (κ1) is 16.5. The highest BCUT2D eigenvalue weighted by Crippen LogP contribution is 2.21. The second kappa shape index (κ2) is 6.91. The molecule has 0 bridgehead atoms. The van der Waals surface area contributed by atoms with Crippen molar-refractivity contribution in [2.45, 2.75) is 17.4 Å². The number of hydrogen-bond donors (Lipinski definition) is 2. The molecule has 1 heterocycles. The van der Waals surface area contributed by atoms with E-state index >= 15 is 0 Å². The first-order chi connectivity index (χ1) is 10.4. The molecule has 0 spiro atoms. The van der Waals surface area contributed by atoms with Crippen LogP contribution in [0, 0.1) is 5.82 Å². The van der Waals surface area contributed by atoms with Crippen LogP contribution in [0.3, 0.4) is 0 Å². The Bertz CT molecular complexity index is 715. The summed E-state index contributed by atoms with van der Waals surface area (Å²) >= 11 is 0. The van der Waals surface area contributed by atoms with E-state index in [4.69, 9.17) is 9.15 Å². The fourth-order valence-electron chi connectivity index (χ4n) is 1.85. The molecule has 120 valence electrons. The molecule has 0 saturated carbocycles. The summed E-state index contributed by atoms with van der Waals surface area (Å²) in [5.41, 5.74) is 0. The van der Waals surface area contributed by atoms with Gasteiger partial charge in [0.2, 0.25) is 10.0 Å². The normalized spacial score (nSPS) is 13.0. The van der Waals surface area contributed by atoms with E-state index in [9.17, 15) is 17.9 Å². The maximum atomic E-state index is 13.5. The van der Waals surface area contributed by atoms with E-state index < -0.39 is 21.9 Å². The molecular weight excluding hydrogens is 313 g/mol. The SMILES string of the molecule is COc1ccc(S(=O)(=O)NCCC(O)c2ccco2)cc1F. The maximum absolute atomic E-state index is 13.5. The summed E-state index contributed by atoms with van der Waals surface area (Å²) in [5.74, 6) is -0.442. The summed E-state index contributed by atoms with van der Waals surface area (Å²) in [4.78, 5) is -0.210. The summed E-state index contributed by atoms with van der Waals surface area (Å²) in [6.45, 7) is -0.0160. The Balaban J connectivity index is 1.98. The third kappa shape index (κ3) is 3.85. The van der Waals surface area contributed by atoms with Gasteiger partial charge in [0.15, 0.2) is 11.6 Å². The number of hydrogen-bond acceptors (Lipinski definition) is 5. The van der Waals surface area contributed by atoms with E-state index in [1.165, 1.54) is 25.5 Å². The highest BCUT2D eigenvalue weighted by atomic mass is 32.2. The molecule has 0 amide bonds. The third-order valence-corrected chi connectivity index (χ3v) is 4.47. The van der Waals surface area contributed by atoms with Gasteiger partial charge >= 0.3 is 0 Å². The number of sulfonamides is 1. The summed E-state index contributed by atoms with van der Waals surface area (Å²) in [7, 11) is -2.57. The van der Waals surface area contributed by atoms with Crippen molar-refractivity contribution in [3.05, 3.63) is 48.2 Å². The Morgan fingerprint density at radius 2 is 2.18 bits per heavy atom. The van der Waals surface area contributed by atoms with Crippen LogP contribution >= 0.6 is 0 Å². The van der Waals surface area contributed by atoms with Gasteiger partial charge in [0.25, 0.3) is 0 Å². The van der Waals surface area contributed by atoms with Gasteiger partial charge in [-0.3, -0.25) is 0 Å². The lowest BCUT2D eigenvalue weighted by Gasteiger charge is -2.10. The minimum absolute atomic E-state index is 0.0160. The fraction of sp³-hybridized carbons (Fsp3) is 0.286. The number of furan rings is 1. The zero-order valence-electron chi connectivity index (χ0n) is 11.8. The van der Waals surface area contributed by atoms with Crippen molar-refractivity contribution in [2.24, 2.45) is 0 Å². The van der Waals surface area contributed by atoms with Crippen molar-refractivity contribution in [1.82, 2.24) is 4.72 Å². The topological polar surface area (TPSA) is 88.8 Å². The predicted molar refractivity (Wildman–Crippen MR) is 76.4 cm³/mol. The first-order valence-corrected chi connectivity index (χ1v) is 7.97. The van der Waals surface area contributed by atoms with E-state index in [0.29, 0.717) is 5.76 Å². The van der Waals surface area contributed by atoms with Gasteiger partial charge in [-0.15, -0.1) is 0 Å². The molecule has 1 unspecified atom stereocenters. The molecule has 0 aliphatic carbocycles. The standard InChI is InChI=1S/C14H16FNO5S/c1-20-13-5-4-10(9-11(13)15)22(18,19)16-7-6-12(17)14-3-2-8-21-14/h2-5,8-9,12,16-17H,6-7H2,1H3. The van der Waals surface area contributed by atoms with Gasteiger partial charge in [0.05, 0.1) is 18.3 Å². The smallest absolute Gasteiger partial charge is 0.240 e. The van der Waals surface area contributed by atoms with E-state index in [1.807, 2.05) is 0 Å². The monoisotopic (exact) mass is 329 g/mol. The highest BCUT2D eigenvalue weighted by Gasteiger charge is 2.17. The highest BCUT2D eigenvalue weighted by molar-refractivity contribution is 7.89. The van der Waals surface area contributed by atoms with Crippen LogP contribution in [-0.2, 0) is 10.0 Å². The van der Waals surface area contributed by atoms with Crippen LogP contribution in [0.15, 0.2) is 45.9 Å². The van der Waals surface area contributed by atoms with Gasteiger partial charge in [-0.25, -0.2) is 17.5 Å². The Morgan fingerprint density at radius 3 is 2.77 bits per heavy atom. The molecule has 2 N–H and O–H groups in total. The Kier molecular flexibility index (Phi) is 5.17. The van der Waals surface area contributed by atoms with Gasteiger partial charge in [-0.05, 0) is 36.8 Å². The number of aliphatic hydroxyl groups is 1. The van der Waals surface area contributed by atoms with Crippen molar-refractivity contribution in [3.8, 4) is 5.75 Å². The van der Waals surface area contributed by atoms with Gasteiger partial charge < -0.3 is 14.3 Å². The molecule has 2 aromatic rings. The Hall–Kier alpha value is -1.90. The molecule has 2 rings (SSSR count). The third-order valence-electron chi connectivity index (χ3n) is 3.02. The predicted octanol–water partition coefficient (Wildman–Crippen LogP) is 1.83. The first-order valence-electron chi connectivity index (χ1n) is 6.48. The average Bonchev–Trinajstić information content (AvgIpc) is 3.01. The molecule has 1 aromatic carbocycles. The lowest BCUT2D eigenvalue weighted by atomic mass is 10.2. The van der Waals surface area contributed by atoms with Crippen LogP contribution in [0.5, 0.6) is 5.75 Å². The summed E-state index contributed by atoms with van der Waals surface area (Å²) in [5, 5.41) is 9.78. The molecule has 0 aliphatic heterocycles. The van der Waals surface area contributed by atoms with Crippen LogP contribution in [-0.4, -0.2) is 27.2 Å². The van der Waals surface area contributed by atoms with Crippen molar-refractivity contribution < 1.29 is 27.1 Å². The number of aliphatic hydroxyl groups excluding tert-OH is 1. The van der Waals surface area contributed by atoms with Crippen molar-refractivity contribution in [3.63, 3.8) is 0 Å². The Morgan fingerprint density at radius 1 is 1.41 bits per heavy atom. The molecule has 8 heteroatoms. The molecule has 1 aromatic heterocycles. The lowest BCUT2D eigenvalue weighted by Crippen LogP contribution is -2.26. The van der Waals surface area contributed by atoms with Crippen molar-refractivity contribution in [1.29, 1.82) is 0 Å². The largest absolute Gasteiger partial charge is 0.494 e. The number of ether oxygens (including phenoxy) is 1.